The molecule has 1 aromatic heterocycles. The maximum Gasteiger partial charge on any atom is 0.276 e. The minimum atomic E-state index is -0.444. The van der Waals surface area contributed by atoms with Gasteiger partial charge in [0.2, 0.25) is 5.91 Å². The van der Waals surface area contributed by atoms with E-state index in [-0.39, 0.29) is 23.4 Å². The lowest BCUT2D eigenvalue weighted by Gasteiger charge is -2.08. The van der Waals surface area contributed by atoms with Crippen molar-refractivity contribution in [3.05, 3.63) is 71.9 Å². The molecule has 0 bridgehead atoms. The molecule has 1 aliphatic carbocycles. The molecular formula is C22H21N5O3. The van der Waals surface area contributed by atoms with Gasteiger partial charge >= 0.3 is 0 Å². The Morgan fingerprint density at radius 2 is 1.70 bits per heavy atom. The minimum Gasteiger partial charge on any atom is -0.355 e. The van der Waals surface area contributed by atoms with Crippen molar-refractivity contribution in [2.24, 2.45) is 5.92 Å². The lowest BCUT2D eigenvalue weighted by molar-refractivity contribution is -0.117. The normalized spacial score (nSPS) is 12.8. The van der Waals surface area contributed by atoms with Crippen molar-refractivity contribution in [2.45, 2.75) is 12.8 Å². The molecule has 0 unspecified atom stereocenters. The summed E-state index contributed by atoms with van der Waals surface area (Å²) in [7, 11) is 1.54. The van der Waals surface area contributed by atoms with Gasteiger partial charge in [0.1, 0.15) is 5.82 Å². The predicted octanol–water partition coefficient (Wildman–Crippen LogP) is 2.83. The Balaban J connectivity index is 1.60. The second-order valence-corrected chi connectivity index (χ2v) is 7.04. The van der Waals surface area contributed by atoms with Crippen LogP contribution in [-0.4, -0.2) is 34.5 Å². The summed E-state index contributed by atoms with van der Waals surface area (Å²) in [5.74, 6) is -0.307. The highest BCUT2D eigenvalue weighted by atomic mass is 16.2. The number of anilines is 2. The Hall–Kier alpha value is -3.94. The lowest BCUT2D eigenvalue weighted by Crippen LogP contribution is -2.18. The molecule has 30 heavy (non-hydrogen) atoms. The van der Waals surface area contributed by atoms with E-state index in [0.717, 1.165) is 18.5 Å². The van der Waals surface area contributed by atoms with E-state index in [1.54, 1.807) is 37.4 Å². The predicted molar refractivity (Wildman–Crippen MR) is 113 cm³/mol. The van der Waals surface area contributed by atoms with Gasteiger partial charge < -0.3 is 16.0 Å². The average Bonchev–Trinajstić information content (AvgIpc) is 3.54. The maximum atomic E-state index is 12.8. The van der Waals surface area contributed by atoms with E-state index in [1.165, 1.54) is 4.68 Å². The zero-order valence-electron chi connectivity index (χ0n) is 16.4. The first-order valence-corrected chi connectivity index (χ1v) is 9.65. The van der Waals surface area contributed by atoms with Crippen molar-refractivity contribution in [1.29, 1.82) is 0 Å². The van der Waals surface area contributed by atoms with Gasteiger partial charge in [0.25, 0.3) is 11.8 Å². The van der Waals surface area contributed by atoms with Crippen molar-refractivity contribution >= 4 is 29.2 Å². The lowest BCUT2D eigenvalue weighted by atomic mass is 10.2. The number of amides is 3. The van der Waals surface area contributed by atoms with Crippen molar-refractivity contribution in [1.82, 2.24) is 15.1 Å². The Labute approximate surface area is 173 Å². The number of carbonyl (C=O) groups excluding carboxylic acids is 3. The summed E-state index contributed by atoms with van der Waals surface area (Å²) < 4.78 is 1.54. The van der Waals surface area contributed by atoms with E-state index in [0.29, 0.717) is 17.1 Å². The first kappa shape index (κ1) is 19.4. The number of para-hydroxylation sites is 1. The summed E-state index contributed by atoms with van der Waals surface area (Å²) in [6.07, 6.45) is 1.75. The number of benzene rings is 2. The van der Waals surface area contributed by atoms with Gasteiger partial charge in [-0.25, -0.2) is 4.68 Å². The molecule has 1 saturated carbocycles. The van der Waals surface area contributed by atoms with E-state index < -0.39 is 5.91 Å². The molecule has 8 heteroatoms. The number of nitrogens with zero attached hydrogens (tertiary/aromatic N) is 2. The molecule has 2 aromatic carbocycles. The Kier molecular flexibility index (Phi) is 5.30. The first-order valence-electron chi connectivity index (χ1n) is 9.65. The van der Waals surface area contributed by atoms with E-state index in [2.05, 4.69) is 21.0 Å². The molecule has 0 radical (unpaired) electrons. The first-order chi connectivity index (χ1) is 14.5. The summed E-state index contributed by atoms with van der Waals surface area (Å²) in [6.45, 7) is 0. The molecule has 1 heterocycles. The standard InChI is InChI=1S/C22H21N5O3/c1-23-20(28)15-6-5-7-16(12-15)24-22(30)18-13-19(25-21(29)14-10-11-14)27(26-18)17-8-3-2-4-9-17/h2-9,12-14H,10-11H2,1H3,(H,23,28)(H,24,30)(H,25,29). The average molecular weight is 403 g/mol. The number of hydrogen-bond acceptors (Lipinski definition) is 4. The largest absolute Gasteiger partial charge is 0.355 e. The highest BCUT2D eigenvalue weighted by molar-refractivity contribution is 6.05. The van der Waals surface area contributed by atoms with Crippen molar-refractivity contribution in [3.63, 3.8) is 0 Å². The van der Waals surface area contributed by atoms with Crippen LogP contribution in [0.25, 0.3) is 5.69 Å². The molecule has 1 aliphatic rings. The van der Waals surface area contributed by atoms with Crippen molar-refractivity contribution < 1.29 is 14.4 Å². The summed E-state index contributed by atoms with van der Waals surface area (Å²) in [6, 6.07) is 17.4. The highest BCUT2D eigenvalue weighted by Gasteiger charge is 2.30. The van der Waals surface area contributed by atoms with Gasteiger partial charge in [-0.3, -0.25) is 14.4 Å². The molecular weight excluding hydrogens is 382 g/mol. The van der Waals surface area contributed by atoms with Crippen LogP contribution >= 0.6 is 0 Å². The third-order valence-electron chi connectivity index (χ3n) is 4.75. The number of carbonyl (C=O) groups is 3. The van der Waals surface area contributed by atoms with E-state index in [9.17, 15) is 14.4 Å². The smallest absolute Gasteiger partial charge is 0.276 e. The van der Waals surface area contributed by atoms with Crippen LogP contribution in [0, 0.1) is 5.92 Å². The van der Waals surface area contributed by atoms with Crippen LogP contribution in [-0.2, 0) is 4.79 Å². The van der Waals surface area contributed by atoms with Gasteiger partial charge in [-0.05, 0) is 43.2 Å². The second-order valence-electron chi connectivity index (χ2n) is 7.04. The fourth-order valence-electron chi connectivity index (χ4n) is 3.00. The van der Waals surface area contributed by atoms with Crippen LogP contribution in [0.4, 0.5) is 11.5 Å². The van der Waals surface area contributed by atoms with Crippen LogP contribution in [0.3, 0.4) is 0 Å². The molecule has 4 rings (SSSR count). The molecule has 3 amide bonds. The van der Waals surface area contributed by atoms with Gasteiger partial charge in [-0.1, -0.05) is 24.3 Å². The maximum absolute atomic E-state index is 12.8. The van der Waals surface area contributed by atoms with E-state index >= 15 is 0 Å². The second kappa shape index (κ2) is 8.20. The highest BCUT2D eigenvalue weighted by Crippen LogP contribution is 2.30. The van der Waals surface area contributed by atoms with Crippen molar-refractivity contribution in [2.75, 3.05) is 17.7 Å². The van der Waals surface area contributed by atoms with Crippen LogP contribution in [0.2, 0.25) is 0 Å². The monoisotopic (exact) mass is 403 g/mol. The van der Waals surface area contributed by atoms with Crippen LogP contribution in [0.15, 0.2) is 60.7 Å². The van der Waals surface area contributed by atoms with Crippen LogP contribution in [0.1, 0.15) is 33.7 Å². The topological polar surface area (TPSA) is 105 Å². The molecule has 3 N–H and O–H groups in total. The number of hydrogen-bond donors (Lipinski definition) is 3. The quantitative estimate of drug-likeness (QED) is 0.588. The van der Waals surface area contributed by atoms with Gasteiger partial charge in [-0.15, -0.1) is 0 Å². The van der Waals surface area contributed by atoms with Gasteiger partial charge in [0, 0.05) is 30.3 Å². The van der Waals surface area contributed by atoms with Gasteiger partial charge in [0.05, 0.1) is 5.69 Å². The zero-order chi connectivity index (χ0) is 21.1. The summed E-state index contributed by atoms with van der Waals surface area (Å²) in [5, 5.41) is 12.6. The van der Waals surface area contributed by atoms with Crippen LogP contribution in [0.5, 0.6) is 0 Å². The molecule has 3 aromatic rings. The minimum absolute atomic E-state index is 0.0221. The number of aromatic nitrogens is 2. The summed E-state index contributed by atoms with van der Waals surface area (Å²) in [5.41, 5.74) is 1.78. The third kappa shape index (κ3) is 4.22. The molecule has 0 aliphatic heterocycles. The number of nitrogens with one attached hydrogen (secondary N) is 3. The molecule has 0 saturated heterocycles. The van der Waals surface area contributed by atoms with Gasteiger partial charge in [0.15, 0.2) is 5.69 Å². The SMILES string of the molecule is CNC(=O)c1cccc(NC(=O)c2cc(NC(=O)C3CC3)n(-c3ccccc3)n2)c1. The van der Waals surface area contributed by atoms with E-state index in [4.69, 9.17) is 0 Å². The van der Waals surface area contributed by atoms with Crippen molar-refractivity contribution in [3.8, 4) is 5.69 Å². The molecule has 152 valence electrons. The zero-order valence-corrected chi connectivity index (χ0v) is 16.4. The Morgan fingerprint density at radius 3 is 2.40 bits per heavy atom. The molecule has 0 atom stereocenters. The Morgan fingerprint density at radius 1 is 0.933 bits per heavy atom. The molecule has 1 fully saturated rings. The Bertz CT molecular complexity index is 1100. The fraction of sp³-hybridized carbons (Fsp3) is 0.182. The third-order valence-corrected chi connectivity index (χ3v) is 4.75. The number of rotatable bonds is 6. The van der Waals surface area contributed by atoms with Crippen LogP contribution < -0.4 is 16.0 Å². The summed E-state index contributed by atoms with van der Waals surface area (Å²) >= 11 is 0. The molecule has 8 nitrogen and oxygen atoms in total. The van der Waals surface area contributed by atoms with Gasteiger partial charge in [-0.2, -0.15) is 5.10 Å². The fourth-order valence-corrected chi connectivity index (χ4v) is 3.00. The van der Waals surface area contributed by atoms with E-state index in [1.807, 2.05) is 30.3 Å². The molecule has 0 spiro atoms. The summed E-state index contributed by atoms with van der Waals surface area (Å²) in [4.78, 5) is 36.9.